The number of benzene rings is 1. The Labute approximate surface area is 145 Å². The lowest BCUT2D eigenvalue weighted by molar-refractivity contribution is 0.598. The Morgan fingerprint density at radius 3 is 2.67 bits per heavy atom. The molecule has 0 unspecified atom stereocenters. The zero-order valence-corrected chi connectivity index (χ0v) is 14.4. The average molecular weight is 343 g/mol. The fourth-order valence-electron chi connectivity index (χ4n) is 2.65. The van der Waals surface area contributed by atoms with E-state index in [1.807, 2.05) is 44.2 Å². The van der Waals surface area contributed by atoms with Crippen LogP contribution >= 0.6 is 11.6 Å². The predicted octanol–water partition coefficient (Wildman–Crippen LogP) is 3.68. The third kappa shape index (κ3) is 3.41. The van der Waals surface area contributed by atoms with E-state index in [1.165, 1.54) is 0 Å². The van der Waals surface area contributed by atoms with Gasteiger partial charge >= 0.3 is 0 Å². The van der Waals surface area contributed by atoms with Crippen molar-refractivity contribution >= 4 is 28.5 Å². The average Bonchev–Trinajstić information content (AvgIpc) is 2.56. The van der Waals surface area contributed by atoms with Crippen LogP contribution in [0.4, 0.5) is 5.82 Å². The maximum absolute atomic E-state index is 12.7. The molecule has 3 aromatic rings. The van der Waals surface area contributed by atoms with Crippen molar-refractivity contribution in [1.29, 1.82) is 0 Å². The molecule has 0 saturated heterocycles. The van der Waals surface area contributed by atoms with Crippen LogP contribution in [0.25, 0.3) is 11.0 Å². The summed E-state index contributed by atoms with van der Waals surface area (Å²) in [7, 11) is 0. The van der Waals surface area contributed by atoms with Gasteiger partial charge in [0.1, 0.15) is 0 Å². The lowest BCUT2D eigenvalue weighted by Crippen LogP contribution is -2.27. The van der Waals surface area contributed by atoms with Crippen molar-refractivity contribution in [2.45, 2.75) is 26.3 Å². The second-order valence-electron chi connectivity index (χ2n) is 5.90. The largest absolute Gasteiger partial charge is 0.365 e. The zero-order chi connectivity index (χ0) is 17.1. The molecule has 6 heteroatoms. The van der Waals surface area contributed by atoms with E-state index in [0.29, 0.717) is 12.4 Å². The monoisotopic (exact) mass is 342 g/mol. The number of hydrogen-bond donors (Lipinski definition) is 1. The molecule has 0 radical (unpaired) electrons. The van der Waals surface area contributed by atoms with Crippen LogP contribution in [0.15, 0.2) is 47.5 Å². The van der Waals surface area contributed by atoms with Crippen LogP contribution in [0, 0.1) is 0 Å². The van der Waals surface area contributed by atoms with Gasteiger partial charge in [0.05, 0.1) is 17.2 Å². The summed E-state index contributed by atoms with van der Waals surface area (Å²) in [6.45, 7) is 4.58. The fraction of sp³-hybridized carbons (Fsp3) is 0.278. The highest BCUT2D eigenvalue weighted by molar-refractivity contribution is 6.30. The van der Waals surface area contributed by atoms with Crippen molar-refractivity contribution < 1.29 is 0 Å². The van der Waals surface area contributed by atoms with Gasteiger partial charge in [0.15, 0.2) is 5.82 Å². The molecule has 0 fully saturated rings. The first-order valence-corrected chi connectivity index (χ1v) is 8.28. The molecular weight excluding hydrogens is 324 g/mol. The Bertz CT molecular complexity index is 903. The molecule has 124 valence electrons. The lowest BCUT2D eigenvalue weighted by Gasteiger charge is -2.15. The van der Waals surface area contributed by atoms with E-state index in [1.54, 1.807) is 17.0 Å². The third-order valence-electron chi connectivity index (χ3n) is 3.83. The molecule has 24 heavy (non-hydrogen) atoms. The van der Waals surface area contributed by atoms with Gasteiger partial charge in [-0.05, 0) is 44.0 Å². The molecule has 1 aromatic carbocycles. The highest BCUT2D eigenvalue weighted by Gasteiger charge is 2.13. The van der Waals surface area contributed by atoms with E-state index in [9.17, 15) is 4.79 Å². The number of fused-ring (bicyclic) bond motifs is 1. The smallest absolute Gasteiger partial charge is 0.294 e. The number of nitrogens with one attached hydrogen (secondary N) is 1. The van der Waals surface area contributed by atoms with Gasteiger partial charge < -0.3 is 5.32 Å². The molecule has 3 rings (SSSR count). The summed E-state index contributed by atoms with van der Waals surface area (Å²) in [5.41, 5.74) is 2.54. The number of rotatable bonds is 5. The maximum Gasteiger partial charge on any atom is 0.294 e. The van der Waals surface area contributed by atoms with Crippen molar-refractivity contribution in [2.24, 2.45) is 0 Å². The Morgan fingerprint density at radius 1 is 1.21 bits per heavy atom. The summed E-state index contributed by atoms with van der Waals surface area (Å²) in [5, 5.41) is 3.88. The summed E-state index contributed by atoms with van der Waals surface area (Å²) in [6, 6.07) is 9.54. The van der Waals surface area contributed by atoms with E-state index in [4.69, 9.17) is 11.6 Å². The van der Waals surface area contributed by atoms with E-state index >= 15 is 0 Å². The molecule has 1 N–H and O–H groups in total. The molecule has 2 heterocycles. The maximum atomic E-state index is 12.7. The van der Waals surface area contributed by atoms with Gasteiger partial charge in [-0.1, -0.05) is 23.7 Å². The number of halogens is 1. The third-order valence-corrected chi connectivity index (χ3v) is 4.08. The number of pyridine rings is 1. The molecule has 0 aliphatic carbocycles. The van der Waals surface area contributed by atoms with E-state index in [0.717, 1.165) is 28.0 Å². The Balaban J connectivity index is 1.85. The number of anilines is 1. The van der Waals surface area contributed by atoms with Gasteiger partial charge in [-0.2, -0.15) is 0 Å². The molecule has 0 atom stereocenters. The zero-order valence-electron chi connectivity index (χ0n) is 13.7. The number of aromatic nitrogens is 3. The topological polar surface area (TPSA) is 59.8 Å². The second kappa shape index (κ2) is 7.01. The molecule has 0 aliphatic heterocycles. The van der Waals surface area contributed by atoms with E-state index in [2.05, 4.69) is 15.3 Å². The lowest BCUT2D eigenvalue weighted by atomic mass is 10.1. The Morgan fingerprint density at radius 2 is 1.96 bits per heavy atom. The summed E-state index contributed by atoms with van der Waals surface area (Å²) < 4.78 is 1.72. The van der Waals surface area contributed by atoms with Crippen molar-refractivity contribution in [3.05, 3.63) is 63.7 Å². The summed E-state index contributed by atoms with van der Waals surface area (Å²) in [4.78, 5) is 21.3. The van der Waals surface area contributed by atoms with Gasteiger partial charge in [-0.25, -0.2) is 4.98 Å². The van der Waals surface area contributed by atoms with Crippen molar-refractivity contribution in [1.82, 2.24) is 14.5 Å². The first kappa shape index (κ1) is 16.5. The molecule has 2 aromatic heterocycles. The first-order valence-electron chi connectivity index (χ1n) is 7.91. The van der Waals surface area contributed by atoms with Crippen LogP contribution in [0.3, 0.4) is 0 Å². The van der Waals surface area contributed by atoms with Crippen LogP contribution in [-0.4, -0.2) is 21.1 Å². The van der Waals surface area contributed by atoms with E-state index < -0.39 is 0 Å². The predicted molar refractivity (Wildman–Crippen MR) is 97.8 cm³/mol. The van der Waals surface area contributed by atoms with Crippen molar-refractivity contribution in [3.8, 4) is 0 Å². The standard InChI is InChI=1S/C18H19ClN4O/c1-12(2)23-16-11-20-9-8-15(16)22-17(18(23)24)21-10-7-13-3-5-14(19)6-4-13/h3-6,8-9,11-12H,7,10H2,1-2H3,(H,21,22). The normalized spacial score (nSPS) is 11.2. The van der Waals surface area contributed by atoms with Gasteiger partial charge in [-0.3, -0.25) is 14.3 Å². The highest BCUT2D eigenvalue weighted by atomic mass is 35.5. The Hall–Kier alpha value is -2.40. The van der Waals surface area contributed by atoms with Crippen LogP contribution in [0.5, 0.6) is 0 Å². The van der Waals surface area contributed by atoms with Gasteiger partial charge in [0, 0.05) is 23.8 Å². The summed E-state index contributed by atoms with van der Waals surface area (Å²) in [6.07, 6.45) is 4.15. The molecule has 0 amide bonds. The highest BCUT2D eigenvalue weighted by Crippen LogP contribution is 2.15. The van der Waals surface area contributed by atoms with Crippen molar-refractivity contribution in [2.75, 3.05) is 11.9 Å². The minimum Gasteiger partial charge on any atom is -0.365 e. The van der Waals surface area contributed by atoms with Crippen LogP contribution in [-0.2, 0) is 6.42 Å². The van der Waals surface area contributed by atoms with Crippen LogP contribution in [0.2, 0.25) is 5.02 Å². The van der Waals surface area contributed by atoms with Gasteiger partial charge in [-0.15, -0.1) is 0 Å². The van der Waals surface area contributed by atoms with Crippen molar-refractivity contribution in [3.63, 3.8) is 0 Å². The molecule has 0 bridgehead atoms. The van der Waals surface area contributed by atoms with Gasteiger partial charge in [0.2, 0.25) is 0 Å². The van der Waals surface area contributed by atoms with Crippen LogP contribution in [0.1, 0.15) is 25.5 Å². The molecule has 5 nitrogen and oxygen atoms in total. The summed E-state index contributed by atoms with van der Waals surface area (Å²) in [5.74, 6) is 0.372. The van der Waals surface area contributed by atoms with Crippen LogP contribution < -0.4 is 10.9 Å². The molecular formula is C18H19ClN4O. The molecule has 0 spiro atoms. The minimum atomic E-state index is -0.124. The fourth-order valence-corrected chi connectivity index (χ4v) is 2.78. The van der Waals surface area contributed by atoms with E-state index in [-0.39, 0.29) is 11.6 Å². The second-order valence-corrected chi connectivity index (χ2v) is 6.33. The Kier molecular flexibility index (Phi) is 4.81. The SMILES string of the molecule is CC(C)n1c(=O)c(NCCc2ccc(Cl)cc2)nc2ccncc21. The summed E-state index contributed by atoms with van der Waals surface area (Å²) >= 11 is 5.89. The number of nitrogens with zero attached hydrogens (tertiary/aromatic N) is 3. The quantitative estimate of drug-likeness (QED) is 0.768. The number of hydrogen-bond acceptors (Lipinski definition) is 4. The first-order chi connectivity index (χ1) is 11.6. The molecule has 0 aliphatic rings. The minimum absolute atomic E-state index is 0.0315. The van der Waals surface area contributed by atoms with Gasteiger partial charge in [0.25, 0.3) is 5.56 Å². The molecule has 0 saturated carbocycles.